The van der Waals surface area contributed by atoms with Crippen molar-refractivity contribution in [1.29, 1.82) is 0 Å². The zero-order valence-corrected chi connectivity index (χ0v) is 16.6. The smallest absolute Gasteiger partial charge is 0.276 e. The first kappa shape index (κ1) is 19.4. The maximum atomic E-state index is 13.7. The number of rotatable bonds is 5. The van der Waals surface area contributed by atoms with E-state index >= 15 is 0 Å². The summed E-state index contributed by atoms with van der Waals surface area (Å²) in [5.74, 6) is -0.587. The predicted molar refractivity (Wildman–Crippen MR) is 118 cm³/mol. The summed E-state index contributed by atoms with van der Waals surface area (Å²) in [5.41, 5.74) is 3.33. The van der Waals surface area contributed by atoms with Gasteiger partial charge >= 0.3 is 0 Å². The Hall–Kier alpha value is -4.59. The van der Waals surface area contributed by atoms with Gasteiger partial charge in [-0.25, -0.2) is 9.37 Å². The van der Waals surface area contributed by atoms with Crippen LogP contribution in [0.3, 0.4) is 0 Å². The van der Waals surface area contributed by atoms with Gasteiger partial charge in [0.15, 0.2) is 17.3 Å². The van der Waals surface area contributed by atoms with E-state index in [0.29, 0.717) is 11.1 Å². The minimum Gasteiger partial charge on any atom is -0.436 e. The summed E-state index contributed by atoms with van der Waals surface area (Å²) in [4.78, 5) is 21.1. The highest BCUT2D eigenvalue weighted by Gasteiger charge is 2.16. The molecule has 0 fully saturated rings. The number of ether oxygens (including phenoxy) is 1. The lowest BCUT2D eigenvalue weighted by atomic mass is 10.0. The molecule has 2 aromatic carbocycles. The van der Waals surface area contributed by atoms with Crippen LogP contribution in [0.15, 0.2) is 85.3 Å². The number of anilines is 1. The minimum absolute atomic E-state index is 0.0733. The van der Waals surface area contributed by atoms with Gasteiger partial charge in [-0.3, -0.25) is 14.9 Å². The number of para-hydroxylation sites is 1. The first-order valence-corrected chi connectivity index (χ1v) is 9.76. The third-order valence-electron chi connectivity index (χ3n) is 4.82. The van der Waals surface area contributed by atoms with E-state index in [9.17, 15) is 9.18 Å². The molecular formula is C24H16FN5O2. The van der Waals surface area contributed by atoms with Crippen LogP contribution in [0.4, 0.5) is 10.1 Å². The lowest BCUT2D eigenvalue weighted by Crippen LogP contribution is -2.13. The van der Waals surface area contributed by atoms with Crippen LogP contribution in [0.25, 0.3) is 22.0 Å². The van der Waals surface area contributed by atoms with Crippen LogP contribution in [0, 0.1) is 5.82 Å². The number of fused-ring (bicyclic) bond motifs is 1. The number of nitrogens with one attached hydrogen (secondary N) is 2. The fourth-order valence-electron chi connectivity index (χ4n) is 3.25. The molecule has 8 heteroatoms. The molecule has 3 heterocycles. The van der Waals surface area contributed by atoms with Crippen LogP contribution in [-0.2, 0) is 0 Å². The van der Waals surface area contributed by atoms with E-state index in [0.717, 1.165) is 16.6 Å². The van der Waals surface area contributed by atoms with Gasteiger partial charge in [0.1, 0.15) is 0 Å². The van der Waals surface area contributed by atoms with Crippen molar-refractivity contribution in [3.63, 3.8) is 0 Å². The van der Waals surface area contributed by atoms with Crippen molar-refractivity contribution < 1.29 is 13.9 Å². The Morgan fingerprint density at radius 2 is 1.88 bits per heavy atom. The van der Waals surface area contributed by atoms with Gasteiger partial charge in [0, 0.05) is 29.4 Å². The number of nitrogens with zero attached hydrogens (tertiary/aromatic N) is 3. The molecule has 2 N–H and O–H groups in total. The van der Waals surface area contributed by atoms with E-state index in [1.54, 1.807) is 36.7 Å². The highest BCUT2D eigenvalue weighted by atomic mass is 19.1. The van der Waals surface area contributed by atoms with Gasteiger partial charge in [0.25, 0.3) is 5.91 Å². The van der Waals surface area contributed by atoms with Gasteiger partial charge in [-0.1, -0.05) is 24.3 Å². The van der Waals surface area contributed by atoms with E-state index in [-0.39, 0.29) is 23.2 Å². The zero-order valence-electron chi connectivity index (χ0n) is 16.6. The summed E-state index contributed by atoms with van der Waals surface area (Å²) in [6, 6.07) is 18.7. The largest absolute Gasteiger partial charge is 0.436 e. The highest BCUT2D eigenvalue weighted by Crippen LogP contribution is 2.26. The van der Waals surface area contributed by atoms with Crippen LogP contribution in [0.2, 0.25) is 0 Å². The molecule has 7 nitrogen and oxygen atoms in total. The first-order chi connectivity index (χ1) is 15.7. The molecule has 5 aromatic rings. The molecule has 5 rings (SSSR count). The number of amides is 1. The van der Waals surface area contributed by atoms with Crippen molar-refractivity contribution in [3.8, 4) is 22.8 Å². The van der Waals surface area contributed by atoms with Gasteiger partial charge in [0.2, 0.25) is 5.88 Å². The van der Waals surface area contributed by atoms with Gasteiger partial charge in [-0.2, -0.15) is 5.10 Å². The number of hydrogen-bond donors (Lipinski definition) is 2. The second kappa shape index (κ2) is 8.27. The standard InChI is InChI=1S/C24H16FN5O2/c25-19-5-1-2-6-21(19)32-22-10-8-17(14-27-22)28-24(31)23-18-12-15(7-9-20(18)29-30-23)16-4-3-11-26-13-16/h1-14H,(H,28,31)(H,29,30). The van der Waals surface area contributed by atoms with Crippen LogP contribution >= 0.6 is 0 Å². The molecule has 0 atom stereocenters. The van der Waals surface area contributed by atoms with Gasteiger partial charge < -0.3 is 10.1 Å². The van der Waals surface area contributed by atoms with E-state index in [1.165, 1.54) is 18.3 Å². The average molecular weight is 425 g/mol. The Morgan fingerprint density at radius 3 is 2.66 bits per heavy atom. The molecule has 0 bridgehead atoms. The maximum Gasteiger partial charge on any atom is 0.276 e. The van der Waals surface area contributed by atoms with Gasteiger partial charge in [-0.05, 0) is 42.0 Å². The quantitative estimate of drug-likeness (QED) is 0.404. The number of aromatic nitrogens is 4. The molecule has 0 radical (unpaired) electrons. The van der Waals surface area contributed by atoms with Crippen molar-refractivity contribution in [2.24, 2.45) is 0 Å². The van der Waals surface area contributed by atoms with Crippen molar-refractivity contribution in [2.75, 3.05) is 5.32 Å². The van der Waals surface area contributed by atoms with Crippen molar-refractivity contribution >= 4 is 22.5 Å². The number of halogens is 1. The Kier molecular flexibility index (Phi) is 5.01. The maximum absolute atomic E-state index is 13.7. The molecule has 0 saturated carbocycles. The number of benzene rings is 2. The monoisotopic (exact) mass is 425 g/mol. The van der Waals surface area contributed by atoms with Crippen molar-refractivity contribution in [3.05, 3.63) is 96.8 Å². The highest BCUT2D eigenvalue weighted by molar-refractivity contribution is 6.11. The molecule has 0 aliphatic heterocycles. The summed E-state index contributed by atoms with van der Waals surface area (Å²) >= 11 is 0. The van der Waals surface area contributed by atoms with E-state index < -0.39 is 5.82 Å². The number of H-pyrrole nitrogens is 1. The molecular weight excluding hydrogens is 409 g/mol. The molecule has 0 aliphatic carbocycles. The fourth-order valence-corrected chi connectivity index (χ4v) is 3.25. The second-order valence-corrected chi connectivity index (χ2v) is 6.95. The fraction of sp³-hybridized carbons (Fsp3) is 0. The summed E-state index contributed by atoms with van der Waals surface area (Å²) < 4.78 is 19.2. The van der Waals surface area contributed by atoms with Crippen molar-refractivity contribution in [1.82, 2.24) is 20.2 Å². The number of carbonyl (C=O) groups excluding carboxylic acids is 1. The van der Waals surface area contributed by atoms with E-state index in [4.69, 9.17) is 4.74 Å². The van der Waals surface area contributed by atoms with E-state index in [2.05, 4.69) is 25.5 Å². The normalized spacial score (nSPS) is 10.8. The molecule has 32 heavy (non-hydrogen) atoms. The SMILES string of the molecule is O=C(Nc1ccc(Oc2ccccc2F)nc1)c1n[nH]c2ccc(-c3cccnc3)cc12. The van der Waals surface area contributed by atoms with Crippen LogP contribution < -0.4 is 10.1 Å². The number of hydrogen-bond acceptors (Lipinski definition) is 5. The second-order valence-electron chi connectivity index (χ2n) is 6.95. The van der Waals surface area contributed by atoms with Gasteiger partial charge in [0.05, 0.1) is 17.4 Å². The molecule has 3 aromatic heterocycles. The molecule has 0 saturated heterocycles. The van der Waals surface area contributed by atoms with Crippen LogP contribution in [0.1, 0.15) is 10.5 Å². The third kappa shape index (κ3) is 3.89. The van der Waals surface area contributed by atoms with Crippen LogP contribution in [0.5, 0.6) is 11.6 Å². The third-order valence-corrected chi connectivity index (χ3v) is 4.82. The van der Waals surface area contributed by atoms with Crippen LogP contribution in [-0.4, -0.2) is 26.1 Å². The summed E-state index contributed by atoms with van der Waals surface area (Å²) in [6.07, 6.45) is 4.90. The molecule has 156 valence electrons. The van der Waals surface area contributed by atoms with E-state index in [1.807, 2.05) is 30.3 Å². The van der Waals surface area contributed by atoms with Crippen molar-refractivity contribution in [2.45, 2.75) is 0 Å². The number of carbonyl (C=O) groups is 1. The Bertz CT molecular complexity index is 1400. The molecule has 0 spiro atoms. The number of pyridine rings is 2. The topological polar surface area (TPSA) is 92.8 Å². The Labute approximate surface area is 181 Å². The lowest BCUT2D eigenvalue weighted by Gasteiger charge is -2.07. The summed E-state index contributed by atoms with van der Waals surface area (Å²) in [5, 5.41) is 10.5. The minimum atomic E-state index is -0.484. The zero-order chi connectivity index (χ0) is 21.9. The molecule has 0 aliphatic rings. The molecule has 1 amide bonds. The lowest BCUT2D eigenvalue weighted by molar-refractivity contribution is 0.102. The van der Waals surface area contributed by atoms with Gasteiger partial charge in [-0.15, -0.1) is 0 Å². The summed E-state index contributed by atoms with van der Waals surface area (Å²) in [7, 11) is 0. The number of aromatic amines is 1. The average Bonchev–Trinajstić information content (AvgIpc) is 3.26. The Morgan fingerprint density at radius 1 is 0.969 bits per heavy atom. The first-order valence-electron chi connectivity index (χ1n) is 9.76. The summed E-state index contributed by atoms with van der Waals surface area (Å²) in [6.45, 7) is 0. The predicted octanol–water partition coefficient (Wildman–Crippen LogP) is 5.20. The Balaban J connectivity index is 1.35. The molecule has 0 unspecified atom stereocenters.